The van der Waals surface area contributed by atoms with E-state index in [0.29, 0.717) is 0 Å². The Hall–Kier alpha value is -1.87. The largest absolute Gasteiger partial charge is 0.329 e. The molecule has 2 N–H and O–H groups in total. The fraction of sp³-hybridized carbons (Fsp3) is 0.312. The zero-order chi connectivity index (χ0) is 13.8. The Kier molecular flexibility index (Phi) is 4.17. The van der Waals surface area contributed by atoms with Gasteiger partial charge < -0.3 is 10.6 Å². The summed E-state index contributed by atoms with van der Waals surface area (Å²) in [5.74, 6) is 0.916. The Labute approximate surface area is 115 Å². The van der Waals surface area contributed by atoms with Gasteiger partial charge in [0, 0.05) is 25.0 Å². The molecule has 0 aliphatic heterocycles. The normalized spacial score (nSPS) is 12.2. The first-order valence-corrected chi connectivity index (χ1v) is 6.66. The highest BCUT2D eigenvalue weighted by Crippen LogP contribution is 2.24. The molecule has 0 saturated carbocycles. The average Bonchev–Trinajstić information content (AvgIpc) is 2.46. The summed E-state index contributed by atoms with van der Waals surface area (Å²) in [5, 5.41) is 0. The van der Waals surface area contributed by atoms with Crippen molar-refractivity contribution < 1.29 is 0 Å². The van der Waals surface area contributed by atoms with Crippen LogP contribution in [0.4, 0.5) is 11.5 Å². The van der Waals surface area contributed by atoms with Crippen LogP contribution in [0.2, 0.25) is 0 Å². The summed E-state index contributed by atoms with van der Waals surface area (Å²) in [5.41, 5.74) is 9.49. The first-order chi connectivity index (χ1) is 9.11. The SMILES string of the molecule is CCc1ccc(N(C)c2cc([C@H](C)N)ccn2)cc1. The topological polar surface area (TPSA) is 42.1 Å². The second kappa shape index (κ2) is 5.85. The van der Waals surface area contributed by atoms with Gasteiger partial charge in [0.25, 0.3) is 0 Å². The first-order valence-electron chi connectivity index (χ1n) is 6.66. The minimum absolute atomic E-state index is 0.0256. The molecule has 3 nitrogen and oxygen atoms in total. The number of aromatic nitrogens is 1. The number of hydrogen-bond donors (Lipinski definition) is 1. The highest BCUT2D eigenvalue weighted by atomic mass is 15.2. The molecule has 0 fully saturated rings. The quantitative estimate of drug-likeness (QED) is 0.910. The van der Waals surface area contributed by atoms with Crippen molar-refractivity contribution in [2.24, 2.45) is 5.73 Å². The molecule has 3 heteroatoms. The lowest BCUT2D eigenvalue weighted by Crippen LogP contribution is -2.13. The molecule has 1 aromatic heterocycles. The molecule has 1 heterocycles. The van der Waals surface area contributed by atoms with Crippen LogP contribution in [0.25, 0.3) is 0 Å². The number of nitrogens with two attached hydrogens (primary N) is 1. The highest BCUT2D eigenvalue weighted by Gasteiger charge is 2.07. The van der Waals surface area contributed by atoms with Crippen molar-refractivity contribution in [2.75, 3.05) is 11.9 Å². The standard InChI is InChI=1S/C16H21N3/c1-4-13-5-7-15(8-6-13)19(3)16-11-14(12(2)17)9-10-18-16/h5-12H,4,17H2,1-3H3/t12-/m0/s1. The van der Waals surface area contributed by atoms with E-state index >= 15 is 0 Å². The summed E-state index contributed by atoms with van der Waals surface area (Å²) in [6.07, 6.45) is 2.87. The summed E-state index contributed by atoms with van der Waals surface area (Å²) in [6, 6.07) is 12.6. The van der Waals surface area contributed by atoms with Gasteiger partial charge >= 0.3 is 0 Å². The summed E-state index contributed by atoms with van der Waals surface area (Å²) in [6.45, 7) is 4.14. The molecule has 0 radical (unpaired) electrons. The minimum atomic E-state index is 0.0256. The van der Waals surface area contributed by atoms with Crippen LogP contribution in [0.1, 0.15) is 31.0 Å². The smallest absolute Gasteiger partial charge is 0.132 e. The van der Waals surface area contributed by atoms with Crippen molar-refractivity contribution in [1.29, 1.82) is 0 Å². The van der Waals surface area contributed by atoms with Crippen molar-refractivity contribution in [3.05, 3.63) is 53.7 Å². The highest BCUT2D eigenvalue weighted by molar-refractivity contribution is 5.59. The minimum Gasteiger partial charge on any atom is -0.329 e. The van der Waals surface area contributed by atoms with Gasteiger partial charge in [-0.25, -0.2) is 4.98 Å². The summed E-state index contributed by atoms with van der Waals surface area (Å²) >= 11 is 0. The van der Waals surface area contributed by atoms with Crippen LogP contribution in [0.15, 0.2) is 42.6 Å². The fourth-order valence-corrected chi connectivity index (χ4v) is 1.99. The van der Waals surface area contributed by atoms with Crippen LogP contribution in [0, 0.1) is 0 Å². The van der Waals surface area contributed by atoms with Crippen molar-refractivity contribution in [3.63, 3.8) is 0 Å². The Morgan fingerprint density at radius 3 is 2.47 bits per heavy atom. The van der Waals surface area contributed by atoms with Crippen molar-refractivity contribution >= 4 is 11.5 Å². The lowest BCUT2D eigenvalue weighted by atomic mass is 10.1. The van der Waals surface area contributed by atoms with Crippen LogP contribution in [0.3, 0.4) is 0 Å². The van der Waals surface area contributed by atoms with E-state index in [1.54, 1.807) is 0 Å². The molecule has 1 aromatic carbocycles. The van der Waals surface area contributed by atoms with Crippen LogP contribution in [-0.4, -0.2) is 12.0 Å². The number of aryl methyl sites for hydroxylation is 1. The van der Waals surface area contributed by atoms with Gasteiger partial charge in [0.1, 0.15) is 5.82 Å². The van der Waals surface area contributed by atoms with Gasteiger partial charge in [-0.1, -0.05) is 19.1 Å². The molecule has 100 valence electrons. The first kappa shape index (κ1) is 13.6. The number of nitrogens with zero attached hydrogens (tertiary/aromatic N) is 2. The van der Waals surface area contributed by atoms with Crippen LogP contribution >= 0.6 is 0 Å². The van der Waals surface area contributed by atoms with Crippen molar-refractivity contribution in [2.45, 2.75) is 26.3 Å². The lowest BCUT2D eigenvalue weighted by Gasteiger charge is -2.19. The zero-order valence-electron chi connectivity index (χ0n) is 11.8. The summed E-state index contributed by atoms with van der Waals surface area (Å²) < 4.78 is 0. The molecule has 2 aromatic rings. The van der Waals surface area contributed by atoms with E-state index in [1.807, 2.05) is 32.3 Å². The van der Waals surface area contributed by atoms with Gasteiger partial charge in [-0.2, -0.15) is 0 Å². The molecule has 0 spiro atoms. The second-order valence-electron chi connectivity index (χ2n) is 4.82. The van der Waals surface area contributed by atoms with Gasteiger partial charge in [-0.15, -0.1) is 0 Å². The van der Waals surface area contributed by atoms with Crippen LogP contribution < -0.4 is 10.6 Å². The van der Waals surface area contributed by atoms with Crippen LogP contribution in [-0.2, 0) is 6.42 Å². The van der Waals surface area contributed by atoms with E-state index in [-0.39, 0.29) is 6.04 Å². The third kappa shape index (κ3) is 3.12. The van der Waals surface area contributed by atoms with E-state index < -0.39 is 0 Å². The number of pyridine rings is 1. The molecule has 2 rings (SSSR count). The third-order valence-electron chi connectivity index (χ3n) is 3.37. The molecule has 0 aliphatic carbocycles. The molecule has 0 saturated heterocycles. The van der Waals surface area contributed by atoms with Crippen molar-refractivity contribution in [3.8, 4) is 0 Å². The third-order valence-corrected chi connectivity index (χ3v) is 3.37. The zero-order valence-corrected chi connectivity index (χ0v) is 11.8. The summed E-state index contributed by atoms with van der Waals surface area (Å²) in [4.78, 5) is 6.49. The van der Waals surface area contributed by atoms with Gasteiger partial charge in [0.2, 0.25) is 0 Å². The van der Waals surface area contributed by atoms with Gasteiger partial charge in [0.15, 0.2) is 0 Å². The molecular weight excluding hydrogens is 234 g/mol. The molecular formula is C16H21N3. The Morgan fingerprint density at radius 2 is 1.89 bits per heavy atom. The van der Waals surface area contributed by atoms with Gasteiger partial charge in [0.05, 0.1) is 0 Å². The van der Waals surface area contributed by atoms with Gasteiger partial charge in [-0.05, 0) is 48.7 Å². The van der Waals surface area contributed by atoms with Gasteiger partial charge in [-0.3, -0.25) is 0 Å². The lowest BCUT2D eigenvalue weighted by molar-refractivity contribution is 0.814. The maximum atomic E-state index is 5.91. The molecule has 0 bridgehead atoms. The molecule has 1 atom stereocenters. The molecule has 0 unspecified atom stereocenters. The number of benzene rings is 1. The number of hydrogen-bond acceptors (Lipinski definition) is 3. The number of rotatable bonds is 4. The molecule has 19 heavy (non-hydrogen) atoms. The molecule has 0 amide bonds. The average molecular weight is 255 g/mol. The van der Waals surface area contributed by atoms with E-state index in [1.165, 1.54) is 5.56 Å². The van der Waals surface area contributed by atoms with E-state index in [0.717, 1.165) is 23.5 Å². The maximum Gasteiger partial charge on any atom is 0.132 e. The monoisotopic (exact) mass is 255 g/mol. The fourth-order valence-electron chi connectivity index (χ4n) is 1.99. The maximum absolute atomic E-state index is 5.91. The molecule has 0 aliphatic rings. The Bertz CT molecular complexity index is 532. The van der Waals surface area contributed by atoms with E-state index in [9.17, 15) is 0 Å². The Balaban J connectivity index is 2.27. The van der Waals surface area contributed by atoms with E-state index in [4.69, 9.17) is 5.73 Å². The number of anilines is 2. The Morgan fingerprint density at radius 1 is 1.21 bits per heavy atom. The van der Waals surface area contributed by atoms with Crippen LogP contribution in [0.5, 0.6) is 0 Å². The predicted molar refractivity (Wildman–Crippen MR) is 80.7 cm³/mol. The summed E-state index contributed by atoms with van der Waals surface area (Å²) in [7, 11) is 2.02. The van der Waals surface area contributed by atoms with E-state index in [2.05, 4.69) is 41.1 Å². The predicted octanol–water partition coefficient (Wildman–Crippen LogP) is 3.43. The second-order valence-corrected chi connectivity index (χ2v) is 4.82. The van der Waals surface area contributed by atoms with Crippen molar-refractivity contribution in [1.82, 2.24) is 4.98 Å².